The normalized spacial score (nSPS) is 12.5. The lowest BCUT2D eigenvalue weighted by atomic mass is 9.96. The van der Waals surface area contributed by atoms with Gasteiger partial charge in [0.25, 0.3) is 0 Å². The van der Waals surface area contributed by atoms with Crippen molar-refractivity contribution in [2.24, 2.45) is 5.41 Å². The van der Waals surface area contributed by atoms with Crippen molar-refractivity contribution < 1.29 is 4.74 Å². The smallest absolute Gasteiger partial charge is 0.0589 e. The highest BCUT2D eigenvalue weighted by atomic mass is 32.1. The zero-order valence-electron chi connectivity index (χ0n) is 8.63. The summed E-state index contributed by atoms with van der Waals surface area (Å²) < 4.78 is 5.00. The van der Waals surface area contributed by atoms with Gasteiger partial charge in [0.1, 0.15) is 0 Å². The SMILES string of the molecule is COCCN(C)CC(C)(C)CS. The molecule has 0 N–H and O–H groups in total. The second-order valence-corrected chi connectivity index (χ2v) is 4.37. The van der Waals surface area contributed by atoms with Gasteiger partial charge in [-0.1, -0.05) is 13.8 Å². The number of likely N-dealkylation sites (N-methyl/N-ethyl adjacent to an activating group) is 1. The van der Waals surface area contributed by atoms with Crippen molar-refractivity contribution in [1.82, 2.24) is 4.90 Å². The minimum Gasteiger partial charge on any atom is -0.383 e. The summed E-state index contributed by atoms with van der Waals surface area (Å²) in [5.41, 5.74) is 0.297. The van der Waals surface area contributed by atoms with Crippen LogP contribution < -0.4 is 0 Å². The monoisotopic (exact) mass is 191 g/mol. The van der Waals surface area contributed by atoms with Crippen LogP contribution in [0.3, 0.4) is 0 Å². The molecule has 0 amide bonds. The molecule has 0 aliphatic carbocycles. The molecule has 74 valence electrons. The Balaban J connectivity index is 3.60. The Kier molecular flexibility index (Phi) is 5.97. The van der Waals surface area contributed by atoms with Crippen molar-refractivity contribution in [3.05, 3.63) is 0 Å². The molecular formula is C9H21NOS. The predicted molar refractivity (Wildman–Crippen MR) is 57.0 cm³/mol. The van der Waals surface area contributed by atoms with Crippen molar-refractivity contribution in [3.63, 3.8) is 0 Å². The average molecular weight is 191 g/mol. The Hall–Kier alpha value is 0.270. The Morgan fingerprint density at radius 3 is 2.42 bits per heavy atom. The van der Waals surface area contributed by atoms with Gasteiger partial charge in [0.2, 0.25) is 0 Å². The second-order valence-electron chi connectivity index (χ2n) is 4.05. The van der Waals surface area contributed by atoms with Crippen molar-refractivity contribution >= 4 is 12.6 Å². The fourth-order valence-electron chi connectivity index (χ4n) is 1.11. The summed E-state index contributed by atoms with van der Waals surface area (Å²) in [5.74, 6) is 0.921. The fourth-order valence-corrected chi connectivity index (χ4v) is 1.21. The highest BCUT2D eigenvalue weighted by Crippen LogP contribution is 2.17. The van der Waals surface area contributed by atoms with Gasteiger partial charge in [-0.15, -0.1) is 0 Å². The van der Waals surface area contributed by atoms with Crippen LogP contribution in [0.4, 0.5) is 0 Å². The fraction of sp³-hybridized carbons (Fsp3) is 1.00. The molecule has 0 aromatic carbocycles. The van der Waals surface area contributed by atoms with Gasteiger partial charge in [-0.2, -0.15) is 12.6 Å². The number of ether oxygens (including phenoxy) is 1. The summed E-state index contributed by atoms with van der Waals surface area (Å²) in [4.78, 5) is 2.28. The molecule has 0 aromatic rings. The van der Waals surface area contributed by atoms with Gasteiger partial charge in [0, 0.05) is 20.2 Å². The zero-order valence-corrected chi connectivity index (χ0v) is 9.53. The quantitative estimate of drug-likeness (QED) is 0.639. The maximum Gasteiger partial charge on any atom is 0.0589 e. The van der Waals surface area contributed by atoms with Crippen LogP contribution in [-0.2, 0) is 4.74 Å². The van der Waals surface area contributed by atoms with Crippen molar-refractivity contribution in [3.8, 4) is 0 Å². The molecule has 0 unspecified atom stereocenters. The summed E-state index contributed by atoms with van der Waals surface area (Å²) in [6.45, 7) is 7.32. The van der Waals surface area contributed by atoms with Gasteiger partial charge in [0.15, 0.2) is 0 Å². The van der Waals surface area contributed by atoms with Crippen LogP contribution in [0.15, 0.2) is 0 Å². The number of hydrogen-bond donors (Lipinski definition) is 1. The topological polar surface area (TPSA) is 12.5 Å². The minimum atomic E-state index is 0.297. The summed E-state index contributed by atoms with van der Waals surface area (Å²) >= 11 is 4.31. The predicted octanol–water partition coefficient (Wildman–Crippen LogP) is 1.52. The molecule has 0 saturated heterocycles. The van der Waals surface area contributed by atoms with E-state index >= 15 is 0 Å². The number of nitrogens with zero attached hydrogens (tertiary/aromatic N) is 1. The average Bonchev–Trinajstić information content (AvgIpc) is 2.00. The Labute approximate surface area is 81.7 Å². The highest BCUT2D eigenvalue weighted by Gasteiger charge is 2.17. The summed E-state index contributed by atoms with van der Waals surface area (Å²) in [7, 11) is 3.85. The van der Waals surface area contributed by atoms with E-state index in [9.17, 15) is 0 Å². The van der Waals surface area contributed by atoms with E-state index in [1.165, 1.54) is 0 Å². The van der Waals surface area contributed by atoms with Gasteiger partial charge in [-0.25, -0.2) is 0 Å². The summed E-state index contributed by atoms with van der Waals surface area (Å²) in [6.07, 6.45) is 0. The molecule has 0 aromatic heterocycles. The van der Waals surface area contributed by atoms with Crippen LogP contribution in [0, 0.1) is 5.41 Å². The van der Waals surface area contributed by atoms with Gasteiger partial charge in [-0.3, -0.25) is 0 Å². The summed E-state index contributed by atoms with van der Waals surface area (Å²) in [5, 5.41) is 0. The first-order valence-corrected chi connectivity index (χ1v) is 4.93. The van der Waals surface area contributed by atoms with Crippen LogP contribution in [0.25, 0.3) is 0 Å². The van der Waals surface area contributed by atoms with E-state index in [2.05, 4.69) is 38.4 Å². The molecular weight excluding hydrogens is 170 g/mol. The van der Waals surface area contributed by atoms with E-state index in [0.29, 0.717) is 5.41 Å². The third kappa shape index (κ3) is 5.86. The van der Waals surface area contributed by atoms with E-state index in [0.717, 1.165) is 25.4 Å². The highest BCUT2D eigenvalue weighted by molar-refractivity contribution is 7.80. The molecule has 0 aliphatic heterocycles. The lowest BCUT2D eigenvalue weighted by Gasteiger charge is -2.28. The van der Waals surface area contributed by atoms with Crippen molar-refractivity contribution in [2.75, 3.05) is 39.6 Å². The lowest BCUT2D eigenvalue weighted by molar-refractivity contribution is 0.142. The van der Waals surface area contributed by atoms with E-state index in [1.807, 2.05) is 0 Å². The van der Waals surface area contributed by atoms with Crippen LogP contribution in [0.5, 0.6) is 0 Å². The Morgan fingerprint density at radius 2 is 2.00 bits per heavy atom. The van der Waals surface area contributed by atoms with Crippen molar-refractivity contribution in [1.29, 1.82) is 0 Å². The molecule has 0 bridgehead atoms. The van der Waals surface area contributed by atoms with Crippen LogP contribution in [0.2, 0.25) is 0 Å². The summed E-state index contributed by atoms with van der Waals surface area (Å²) in [6, 6.07) is 0. The molecule has 0 rings (SSSR count). The third-order valence-corrected chi connectivity index (χ3v) is 2.66. The van der Waals surface area contributed by atoms with E-state index in [-0.39, 0.29) is 0 Å². The van der Waals surface area contributed by atoms with Gasteiger partial charge in [-0.05, 0) is 18.2 Å². The maximum absolute atomic E-state index is 5.00. The first-order chi connectivity index (χ1) is 5.52. The van der Waals surface area contributed by atoms with E-state index in [4.69, 9.17) is 4.74 Å². The van der Waals surface area contributed by atoms with E-state index in [1.54, 1.807) is 7.11 Å². The molecule has 0 aliphatic rings. The number of hydrogen-bond acceptors (Lipinski definition) is 3. The first-order valence-electron chi connectivity index (χ1n) is 4.30. The molecule has 2 nitrogen and oxygen atoms in total. The maximum atomic E-state index is 5.00. The molecule has 0 atom stereocenters. The minimum absolute atomic E-state index is 0.297. The van der Waals surface area contributed by atoms with Crippen LogP contribution in [0.1, 0.15) is 13.8 Å². The molecule has 0 heterocycles. The number of rotatable bonds is 6. The van der Waals surface area contributed by atoms with Gasteiger partial charge < -0.3 is 9.64 Å². The Bertz CT molecular complexity index is 117. The molecule has 0 spiro atoms. The standard InChI is InChI=1S/C9H21NOS/c1-9(2,8-12)7-10(3)5-6-11-4/h12H,5-8H2,1-4H3. The van der Waals surface area contributed by atoms with Crippen molar-refractivity contribution in [2.45, 2.75) is 13.8 Å². The van der Waals surface area contributed by atoms with Gasteiger partial charge in [0.05, 0.1) is 6.61 Å². The lowest BCUT2D eigenvalue weighted by Crippen LogP contribution is -2.34. The Morgan fingerprint density at radius 1 is 1.42 bits per heavy atom. The molecule has 3 heteroatoms. The van der Waals surface area contributed by atoms with Crippen LogP contribution >= 0.6 is 12.6 Å². The first kappa shape index (κ1) is 12.3. The largest absolute Gasteiger partial charge is 0.383 e. The number of methoxy groups -OCH3 is 1. The second kappa shape index (κ2) is 5.84. The molecule has 0 saturated carbocycles. The molecule has 12 heavy (non-hydrogen) atoms. The van der Waals surface area contributed by atoms with Crippen LogP contribution in [-0.4, -0.2) is 44.5 Å². The van der Waals surface area contributed by atoms with E-state index < -0.39 is 0 Å². The molecule has 0 fully saturated rings. The zero-order chi connectivity index (χ0) is 9.61. The molecule has 0 radical (unpaired) electrons. The van der Waals surface area contributed by atoms with Gasteiger partial charge >= 0.3 is 0 Å². The third-order valence-electron chi connectivity index (χ3n) is 1.80. The number of thiol groups is 1.